The van der Waals surface area contributed by atoms with Crippen molar-refractivity contribution in [3.63, 3.8) is 0 Å². The van der Waals surface area contributed by atoms with Crippen LogP contribution in [-0.2, 0) is 9.31 Å². The van der Waals surface area contributed by atoms with Gasteiger partial charge in [0.2, 0.25) is 0 Å². The smallest absolute Gasteiger partial charge is 0.399 e. The number of aromatic nitrogens is 1. The van der Waals surface area contributed by atoms with E-state index in [0.29, 0.717) is 10.8 Å². The van der Waals surface area contributed by atoms with Gasteiger partial charge in [0, 0.05) is 16.6 Å². The number of nitrogens with zero attached hydrogens (tertiary/aromatic N) is 1. The average molecular weight is 381 g/mol. The molecule has 1 fully saturated rings. The van der Waals surface area contributed by atoms with Crippen LogP contribution in [0, 0.1) is 5.82 Å². The molecule has 8 heteroatoms. The van der Waals surface area contributed by atoms with Crippen molar-refractivity contribution in [1.82, 2.24) is 4.98 Å². The zero-order chi connectivity index (χ0) is 18.2. The fourth-order valence-electron chi connectivity index (χ4n) is 2.26. The lowest BCUT2D eigenvalue weighted by Gasteiger charge is -2.32. The zero-order valence-electron chi connectivity index (χ0n) is 14.5. The maximum absolute atomic E-state index is 13.0. The molecule has 0 bridgehead atoms. The topological polar surface area (TPSA) is 43.4 Å². The van der Waals surface area contributed by atoms with E-state index in [1.54, 1.807) is 18.3 Å². The molecule has 132 valence electrons. The predicted molar refractivity (Wildman–Crippen MR) is 101 cm³/mol. The highest BCUT2D eigenvalue weighted by Crippen LogP contribution is 2.36. The van der Waals surface area contributed by atoms with Gasteiger partial charge in [-0.25, -0.2) is 9.37 Å². The average Bonchev–Trinajstić information content (AvgIpc) is 2.76. The molecule has 0 unspecified atom stereocenters. The highest BCUT2D eigenvalue weighted by Gasteiger charge is 2.51. The van der Waals surface area contributed by atoms with Gasteiger partial charge in [-0.05, 0) is 70.0 Å². The van der Waals surface area contributed by atoms with Gasteiger partial charge in [0.25, 0.3) is 0 Å². The number of halogens is 2. The highest BCUT2D eigenvalue weighted by molar-refractivity contribution is 8.00. The second-order valence-electron chi connectivity index (χ2n) is 6.85. The summed E-state index contributed by atoms with van der Waals surface area (Å²) >= 11 is 7.50. The summed E-state index contributed by atoms with van der Waals surface area (Å²) in [6.07, 6.45) is 1.65. The summed E-state index contributed by atoms with van der Waals surface area (Å²) in [5.41, 5.74) is 0.579. The van der Waals surface area contributed by atoms with E-state index >= 15 is 0 Å². The summed E-state index contributed by atoms with van der Waals surface area (Å²) in [5.74, 6) is -0.271. The first kappa shape index (κ1) is 18.5. The standard InChI is InChI=1S/C17H19BClFN2O2S/c1-16(2)17(3,4)24-18(23-16)11-9-14(15(19)21-10-11)22-25-13-7-5-12(20)6-8-13/h5-10,22H,1-4H3. The minimum Gasteiger partial charge on any atom is -0.399 e. The third-order valence-corrected chi connectivity index (χ3v) is 5.61. The Labute approximate surface area is 156 Å². The molecule has 0 aliphatic carbocycles. The van der Waals surface area contributed by atoms with Crippen LogP contribution in [0.3, 0.4) is 0 Å². The van der Waals surface area contributed by atoms with Crippen LogP contribution in [-0.4, -0.2) is 23.3 Å². The first-order valence-corrected chi connectivity index (χ1v) is 9.07. The molecule has 25 heavy (non-hydrogen) atoms. The van der Waals surface area contributed by atoms with Crippen molar-refractivity contribution in [1.29, 1.82) is 0 Å². The van der Waals surface area contributed by atoms with Crippen LogP contribution in [0.2, 0.25) is 5.15 Å². The number of nitrogens with one attached hydrogen (secondary N) is 1. The molecule has 0 spiro atoms. The Balaban J connectivity index is 1.76. The van der Waals surface area contributed by atoms with Crippen molar-refractivity contribution in [2.24, 2.45) is 0 Å². The molecule has 0 saturated carbocycles. The van der Waals surface area contributed by atoms with Crippen molar-refractivity contribution in [2.45, 2.75) is 43.8 Å². The Morgan fingerprint density at radius 2 is 1.72 bits per heavy atom. The summed E-state index contributed by atoms with van der Waals surface area (Å²) in [4.78, 5) is 5.07. The third-order valence-electron chi connectivity index (χ3n) is 4.48. The molecule has 0 atom stereocenters. The van der Waals surface area contributed by atoms with E-state index in [1.165, 1.54) is 24.1 Å². The summed E-state index contributed by atoms with van der Waals surface area (Å²) in [6.45, 7) is 8.00. The second-order valence-corrected chi connectivity index (χ2v) is 8.09. The summed E-state index contributed by atoms with van der Waals surface area (Å²) in [6, 6.07) is 8.04. The summed E-state index contributed by atoms with van der Waals surface area (Å²) < 4.78 is 28.2. The minimum atomic E-state index is -0.508. The highest BCUT2D eigenvalue weighted by atomic mass is 35.5. The number of anilines is 1. The molecular formula is C17H19BClFN2O2S. The fraction of sp³-hybridized carbons (Fsp3) is 0.353. The Morgan fingerprint density at radius 1 is 1.12 bits per heavy atom. The zero-order valence-corrected chi connectivity index (χ0v) is 16.0. The van der Waals surface area contributed by atoms with Gasteiger partial charge in [-0.3, -0.25) is 0 Å². The van der Waals surface area contributed by atoms with Gasteiger partial charge in [-0.1, -0.05) is 11.6 Å². The van der Waals surface area contributed by atoms with Crippen molar-refractivity contribution in [2.75, 3.05) is 4.72 Å². The molecule has 2 aromatic rings. The Hall–Kier alpha value is -1.28. The van der Waals surface area contributed by atoms with E-state index < -0.39 is 18.3 Å². The van der Waals surface area contributed by atoms with Crippen LogP contribution in [0.15, 0.2) is 41.4 Å². The lowest BCUT2D eigenvalue weighted by molar-refractivity contribution is 0.00578. The predicted octanol–water partition coefficient (Wildman–Crippen LogP) is 4.29. The molecule has 4 nitrogen and oxygen atoms in total. The number of benzene rings is 1. The van der Waals surface area contributed by atoms with Crippen LogP contribution in [0.1, 0.15) is 27.7 Å². The third kappa shape index (κ3) is 3.95. The summed E-state index contributed by atoms with van der Waals surface area (Å²) in [5, 5.41) is 0.342. The van der Waals surface area contributed by atoms with Crippen molar-refractivity contribution >= 4 is 41.8 Å². The van der Waals surface area contributed by atoms with E-state index in [1.807, 2.05) is 33.8 Å². The van der Waals surface area contributed by atoms with E-state index in [9.17, 15) is 4.39 Å². The molecule has 0 amide bonds. The number of hydrogen-bond donors (Lipinski definition) is 1. The van der Waals surface area contributed by atoms with Gasteiger partial charge in [-0.2, -0.15) is 0 Å². The maximum Gasteiger partial charge on any atom is 0.496 e. The summed E-state index contributed by atoms with van der Waals surface area (Å²) in [7, 11) is -0.508. The lowest BCUT2D eigenvalue weighted by atomic mass is 9.80. The van der Waals surface area contributed by atoms with Crippen LogP contribution >= 0.6 is 23.5 Å². The van der Waals surface area contributed by atoms with Gasteiger partial charge in [0.1, 0.15) is 5.82 Å². The van der Waals surface area contributed by atoms with Crippen molar-refractivity contribution < 1.29 is 13.7 Å². The molecule has 1 aliphatic heterocycles. The minimum absolute atomic E-state index is 0.271. The van der Waals surface area contributed by atoms with Gasteiger partial charge in [0.15, 0.2) is 5.15 Å². The fourth-order valence-corrected chi connectivity index (χ4v) is 3.12. The Morgan fingerprint density at radius 3 is 2.32 bits per heavy atom. The van der Waals surface area contributed by atoms with Gasteiger partial charge in [0.05, 0.1) is 16.9 Å². The quantitative estimate of drug-likeness (QED) is 0.487. The number of rotatable bonds is 4. The van der Waals surface area contributed by atoms with Crippen LogP contribution < -0.4 is 10.2 Å². The van der Waals surface area contributed by atoms with Gasteiger partial charge < -0.3 is 14.0 Å². The lowest BCUT2D eigenvalue weighted by Crippen LogP contribution is -2.41. The molecule has 1 aliphatic rings. The molecule has 1 saturated heterocycles. The molecule has 1 aromatic heterocycles. The van der Waals surface area contributed by atoms with Gasteiger partial charge in [-0.15, -0.1) is 0 Å². The maximum atomic E-state index is 13.0. The molecule has 1 aromatic carbocycles. The van der Waals surface area contributed by atoms with Crippen molar-refractivity contribution in [3.8, 4) is 0 Å². The second kappa shape index (κ2) is 6.80. The van der Waals surface area contributed by atoms with Crippen LogP contribution in [0.5, 0.6) is 0 Å². The molecule has 0 radical (unpaired) electrons. The van der Waals surface area contributed by atoms with Gasteiger partial charge >= 0.3 is 7.12 Å². The molecule has 1 N–H and O–H groups in total. The molecule has 3 rings (SSSR count). The number of pyridine rings is 1. The van der Waals surface area contributed by atoms with Crippen LogP contribution in [0.25, 0.3) is 0 Å². The van der Waals surface area contributed by atoms with Crippen molar-refractivity contribution in [3.05, 3.63) is 47.5 Å². The Kier molecular flexibility index (Phi) is 5.03. The van der Waals surface area contributed by atoms with Crippen LogP contribution in [0.4, 0.5) is 10.1 Å². The Bertz CT molecular complexity index is 758. The largest absolute Gasteiger partial charge is 0.496 e. The monoisotopic (exact) mass is 380 g/mol. The van der Waals surface area contributed by atoms with E-state index in [-0.39, 0.29) is 5.82 Å². The SMILES string of the molecule is CC1(C)OB(c2cnc(Cl)c(NSc3ccc(F)cc3)c2)OC1(C)C. The van der Waals surface area contributed by atoms with E-state index in [2.05, 4.69) is 9.71 Å². The number of hydrogen-bond acceptors (Lipinski definition) is 5. The molecule has 2 heterocycles. The van der Waals surface area contributed by atoms with E-state index in [4.69, 9.17) is 20.9 Å². The normalized spacial score (nSPS) is 18.4. The first-order chi connectivity index (χ1) is 11.7. The first-order valence-electron chi connectivity index (χ1n) is 7.87. The van der Waals surface area contributed by atoms with E-state index in [0.717, 1.165) is 10.4 Å². The molecular weight excluding hydrogens is 362 g/mol.